The molecule has 3 heteroatoms. The Morgan fingerprint density at radius 2 is 1.71 bits per heavy atom. The summed E-state index contributed by atoms with van der Waals surface area (Å²) in [6.45, 7) is 1.95. The summed E-state index contributed by atoms with van der Waals surface area (Å²) >= 11 is 0. The first-order chi connectivity index (χ1) is 10.2. The zero-order valence-electron chi connectivity index (χ0n) is 13.1. The zero-order valence-corrected chi connectivity index (χ0v) is 13.1. The molecule has 0 amide bonds. The molecule has 0 bridgehead atoms. The number of aliphatic hydroxyl groups excluding tert-OH is 2. The molecule has 1 saturated carbocycles. The predicted octanol–water partition coefficient (Wildman–Crippen LogP) is 3.03. The summed E-state index contributed by atoms with van der Waals surface area (Å²) in [5.74, 6) is 0.588. The minimum absolute atomic E-state index is 0.0317. The van der Waals surface area contributed by atoms with Crippen molar-refractivity contribution in [1.82, 2.24) is 5.32 Å². The van der Waals surface area contributed by atoms with Crippen molar-refractivity contribution in [2.45, 2.75) is 57.0 Å². The third-order valence-corrected chi connectivity index (χ3v) is 5.02. The molecule has 0 saturated heterocycles. The minimum Gasteiger partial charge on any atom is -0.394 e. The maximum Gasteiger partial charge on any atom is 0.0650 e. The summed E-state index contributed by atoms with van der Waals surface area (Å²) < 4.78 is 0. The van der Waals surface area contributed by atoms with Crippen LogP contribution in [0.2, 0.25) is 0 Å². The summed E-state index contributed by atoms with van der Waals surface area (Å²) in [6.07, 6.45) is 7.07. The molecule has 0 heterocycles. The van der Waals surface area contributed by atoms with Crippen LogP contribution in [0.1, 0.15) is 57.1 Å². The van der Waals surface area contributed by atoms with Crippen LogP contribution in [0.15, 0.2) is 30.3 Å². The molecular formula is C18H29NO2. The second-order valence-corrected chi connectivity index (χ2v) is 6.38. The molecule has 3 nitrogen and oxygen atoms in total. The number of nitrogens with one attached hydrogen (secondary N) is 1. The van der Waals surface area contributed by atoms with Gasteiger partial charge in [0.15, 0.2) is 0 Å². The molecule has 2 rings (SSSR count). The van der Waals surface area contributed by atoms with Gasteiger partial charge in [0.25, 0.3) is 0 Å². The second kappa shape index (κ2) is 7.92. The maximum absolute atomic E-state index is 9.75. The van der Waals surface area contributed by atoms with Gasteiger partial charge >= 0.3 is 0 Å². The van der Waals surface area contributed by atoms with Crippen LogP contribution >= 0.6 is 0 Å². The summed E-state index contributed by atoms with van der Waals surface area (Å²) in [7, 11) is 0. The second-order valence-electron chi connectivity index (χ2n) is 6.38. The molecule has 3 N–H and O–H groups in total. The average Bonchev–Trinajstić information content (AvgIpc) is 2.58. The molecule has 1 aromatic rings. The molecule has 1 aliphatic carbocycles. The molecule has 118 valence electrons. The van der Waals surface area contributed by atoms with Crippen molar-refractivity contribution < 1.29 is 10.2 Å². The number of rotatable bonds is 7. The van der Waals surface area contributed by atoms with E-state index in [1.807, 2.05) is 13.0 Å². The van der Waals surface area contributed by atoms with E-state index in [4.69, 9.17) is 0 Å². The Kier molecular flexibility index (Phi) is 6.22. The average molecular weight is 291 g/mol. The van der Waals surface area contributed by atoms with Gasteiger partial charge in [-0.15, -0.1) is 0 Å². The molecule has 0 aromatic heterocycles. The molecule has 0 spiro atoms. The molecular weight excluding hydrogens is 262 g/mol. The molecule has 1 fully saturated rings. The molecule has 1 unspecified atom stereocenters. The first kappa shape index (κ1) is 16.5. The molecule has 0 aliphatic heterocycles. The van der Waals surface area contributed by atoms with Crippen molar-refractivity contribution in [3.8, 4) is 0 Å². The lowest BCUT2D eigenvalue weighted by Gasteiger charge is -2.39. The highest BCUT2D eigenvalue weighted by Gasteiger charge is 2.34. The van der Waals surface area contributed by atoms with E-state index in [2.05, 4.69) is 29.6 Å². The van der Waals surface area contributed by atoms with E-state index in [-0.39, 0.29) is 19.3 Å². The largest absolute Gasteiger partial charge is 0.394 e. The molecule has 1 aliphatic rings. The van der Waals surface area contributed by atoms with Crippen molar-refractivity contribution in [3.05, 3.63) is 35.9 Å². The van der Waals surface area contributed by atoms with Gasteiger partial charge in [-0.1, -0.05) is 56.5 Å². The monoisotopic (exact) mass is 291 g/mol. The van der Waals surface area contributed by atoms with Gasteiger partial charge in [0.1, 0.15) is 0 Å². The quantitative estimate of drug-likeness (QED) is 0.724. The molecule has 21 heavy (non-hydrogen) atoms. The van der Waals surface area contributed by atoms with Crippen molar-refractivity contribution >= 4 is 0 Å². The Labute approximate surface area is 128 Å². The van der Waals surface area contributed by atoms with Crippen molar-refractivity contribution in [2.75, 3.05) is 13.2 Å². The van der Waals surface area contributed by atoms with Crippen molar-refractivity contribution in [2.24, 2.45) is 5.92 Å². The molecule has 1 aromatic carbocycles. The summed E-state index contributed by atoms with van der Waals surface area (Å²) in [4.78, 5) is 0. The fourth-order valence-electron chi connectivity index (χ4n) is 3.40. The van der Waals surface area contributed by atoms with E-state index in [0.717, 1.165) is 6.42 Å². The van der Waals surface area contributed by atoms with E-state index < -0.39 is 5.54 Å². The van der Waals surface area contributed by atoms with E-state index >= 15 is 0 Å². The summed E-state index contributed by atoms with van der Waals surface area (Å²) in [6, 6.07) is 10.7. The normalized spacial score (nSPS) is 18.6. The third kappa shape index (κ3) is 4.06. The van der Waals surface area contributed by atoms with Gasteiger partial charge in [-0.05, 0) is 30.7 Å². The van der Waals surface area contributed by atoms with Crippen LogP contribution in [0, 0.1) is 5.92 Å². The van der Waals surface area contributed by atoms with E-state index in [1.54, 1.807) is 0 Å². The first-order valence-corrected chi connectivity index (χ1v) is 8.29. The van der Waals surface area contributed by atoms with Crippen LogP contribution in [-0.2, 0) is 0 Å². The lowest BCUT2D eigenvalue weighted by atomic mass is 9.79. The minimum atomic E-state index is -0.585. The van der Waals surface area contributed by atoms with Gasteiger partial charge in [0.05, 0.1) is 18.8 Å². The Balaban J connectivity index is 2.23. The van der Waals surface area contributed by atoms with Gasteiger partial charge in [0, 0.05) is 6.04 Å². The number of hydrogen-bond donors (Lipinski definition) is 3. The number of benzene rings is 1. The molecule has 0 radical (unpaired) electrons. The van der Waals surface area contributed by atoms with Gasteiger partial charge < -0.3 is 15.5 Å². The van der Waals surface area contributed by atoms with Crippen molar-refractivity contribution in [3.63, 3.8) is 0 Å². The number of aliphatic hydroxyl groups is 2. The van der Waals surface area contributed by atoms with Crippen LogP contribution in [0.3, 0.4) is 0 Å². The van der Waals surface area contributed by atoms with Gasteiger partial charge in [0.2, 0.25) is 0 Å². The highest BCUT2D eigenvalue weighted by atomic mass is 16.3. The SMILES string of the molecule is CCC(CO)(CO)NC(c1ccccc1)C1CCCCC1. The van der Waals surface area contributed by atoms with Gasteiger partial charge in [-0.25, -0.2) is 0 Å². The third-order valence-electron chi connectivity index (χ3n) is 5.02. The number of hydrogen-bond acceptors (Lipinski definition) is 3. The first-order valence-electron chi connectivity index (χ1n) is 8.29. The summed E-state index contributed by atoms with van der Waals surface area (Å²) in [5.41, 5.74) is 0.682. The van der Waals surface area contributed by atoms with Gasteiger partial charge in [-0.2, -0.15) is 0 Å². The zero-order chi connectivity index (χ0) is 15.1. The van der Waals surface area contributed by atoms with E-state index in [9.17, 15) is 10.2 Å². The fourth-order valence-corrected chi connectivity index (χ4v) is 3.40. The van der Waals surface area contributed by atoms with E-state index in [1.165, 1.54) is 37.7 Å². The lowest BCUT2D eigenvalue weighted by molar-refractivity contribution is 0.0650. The van der Waals surface area contributed by atoms with Crippen LogP contribution in [0.4, 0.5) is 0 Å². The van der Waals surface area contributed by atoms with E-state index in [0.29, 0.717) is 5.92 Å². The Morgan fingerprint density at radius 1 is 1.10 bits per heavy atom. The van der Waals surface area contributed by atoms with Crippen molar-refractivity contribution in [1.29, 1.82) is 0 Å². The highest BCUT2D eigenvalue weighted by Crippen LogP contribution is 2.36. The van der Waals surface area contributed by atoms with Crippen LogP contribution in [-0.4, -0.2) is 29.0 Å². The standard InChI is InChI=1S/C18H29NO2/c1-2-18(13-20,14-21)19-17(15-9-5-3-6-10-15)16-11-7-4-8-12-16/h3,5-6,9-10,16-17,19-21H,2,4,7-8,11-14H2,1H3. The molecule has 1 atom stereocenters. The Hall–Kier alpha value is -0.900. The van der Waals surface area contributed by atoms with Crippen LogP contribution in [0.5, 0.6) is 0 Å². The van der Waals surface area contributed by atoms with Crippen LogP contribution < -0.4 is 5.32 Å². The fraction of sp³-hybridized carbons (Fsp3) is 0.667. The summed E-state index contributed by atoms with van der Waals surface area (Å²) in [5, 5.41) is 23.1. The van der Waals surface area contributed by atoms with Gasteiger partial charge in [-0.3, -0.25) is 0 Å². The Morgan fingerprint density at radius 3 is 2.24 bits per heavy atom. The topological polar surface area (TPSA) is 52.5 Å². The Bertz CT molecular complexity index is 389. The maximum atomic E-state index is 9.75. The smallest absolute Gasteiger partial charge is 0.0650 e. The lowest BCUT2D eigenvalue weighted by Crippen LogP contribution is -2.54. The van der Waals surface area contributed by atoms with Crippen LogP contribution in [0.25, 0.3) is 0 Å². The highest BCUT2D eigenvalue weighted by molar-refractivity contribution is 5.20. The predicted molar refractivity (Wildman–Crippen MR) is 86.1 cm³/mol.